The third-order valence-corrected chi connectivity index (χ3v) is 1.44. The molecule has 4 heteroatoms. The minimum atomic E-state index is 0.0139. The Morgan fingerprint density at radius 3 is 2.50 bits per heavy atom. The lowest BCUT2D eigenvalue weighted by Gasteiger charge is -2.22. The van der Waals surface area contributed by atoms with Crippen molar-refractivity contribution in [2.75, 3.05) is 0 Å². The summed E-state index contributed by atoms with van der Waals surface area (Å²) in [5, 5.41) is 10.8. The fourth-order valence-electron chi connectivity index (χ4n) is 0.674. The molecule has 1 fully saturated rings. The van der Waals surface area contributed by atoms with E-state index in [9.17, 15) is 5.21 Å². The molecule has 4 nitrogen and oxygen atoms in total. The van der Waals surface area contributed by atoms with Crippen molar-refractivity contribution in [1.29, 1.82) is 0 Å². The molecular formula is C4H9N2O2-. The van der Waals surface area contributed by atoms with Crippen molar-refractivity contribution in [3.63, 3.8) is 0 Å². The third kappa shape index (κ3) is 0.976. The van der Waals surface area contributed by atoms with E-state index in [1.807, 2.05) is 6.92 Å². The molecule has 1 rings (SSSR count). The molecule has 0 aromatic rings. The van der Waals surface area contributed by atoms with Crippen molar-refractivity contribution in [3.05, 3.63) is 5.21 Å². The van der Waals surface area contributed by atoms with Crippen LogP contribution in [0, 0.1) is 11.1 Å². The maximum atomic E-state index is 10.4. The number of hydrogen-bond donors (Lipinski definition) is 1. The number of rotatable bonds is 2. The summed E-state index contributed by atoms with van der Waals surface area (Å²) < 4.78 is 0. The van der Waals surface area contributed by atoms with Gasteiger partial charge in [0.05, 0.1) is 0 Å². The van der Waals surface area contributed by atoms with Crippen molar-refractivity contribution in [2.24, 2.45) is 11.8 Å². The van der Waals surface area contributed by atoms with Gasteiger partial charge >= 0.3 is 0 Å². The lowest BCUT2D eigenvalue weighted by atomic mass is 10.5. The van der Waals surface area contributed by atoms with Crippen LogP contribution in [-0.2, 0) is 4.94 Å². The zero-order valence-corrected chi connectivity index (χ0v) is 4.70. The van der Waals surface area contributed by atoms with Gasteiger partial charge in [-0.3, -0.25) is 0 Å². The Morgan fingerprint density at radius 1 is 1.88 bits per heavy atom. The minimum Gasteiger partial charge on any atom is -0.760 e. The summed E-state index contributed by atoms with van der Waals surface area (Å²) in [6.07, 6.45) is 0.903. The van der Waals surface area contributed by atoms with E-state index in [-0.39, 0.29) is 6.04 Å². The molecule has 0 aliphatic heterocycles. The van der Waals surface area contributed by atoms with Crippen LogP contribution in [0.4, 0.5) is 0 Å². The minimum absolute atomic E-state index is 0.0139. The summed E-state index contributed by atoms with van der Waals surface area (Å²) in [5.74, 6) is 5.04. The van der Waals surface area contributed by atoms with Crippen LogP contribution in [0.5, 0.6) is 0 Å². The Labute approximate surface area is 47.7 Å². The van der Waals surface area contributed by atoms with Crippen LogP contribution in [0.3, 0.4) is 0 Å². The summed E-state index contributed by atoms with van der Waals surface area (Å²) in [6.45, 7) is 1.98. The molecule has 1 aliphatic carbocycles. The van der Waals surface area contributed by atoms with Crippen LogP contribution in [-0.4, -0.2) is 11.3 Å². The molecular weight excluding hydrogens is 108 g/mol. The van der Waals surface area contributed by atoms with Crippen molar-refractivity contribution in [3.8, 4) is 0 Å². The Kier molecular flexibility index (Phi) is 1.48. The largest absolute Gasteiger partial charge is 0.760 e. The standard InChI is InChI=1S/C4H9N2O2/c1-3-2-4(3)6(7)8-5/h3-4H,2,5H2,1H3/q-1. The molecule has 1 saturated carbocycles. The maximum absolute atomic E-state index is 10.4. The van der Waals surface area contributed by atoms with E-state index in [1.54, 1.807) is 0 Å². The second-order valence-corrected chi connectivity index (χ2v) is 2.17. The lowest BCUT2D eigenvalue weighted by Crippen LogP contribution is -2.23. The normalized spacial score (nSPS) is 36.0. The molecule has 0 aromatic carbocycles. The van der Waals surface area contributed by atoms with Crippen LogP contribution in [0.15, 0.2) is 0 Å². The zero-order chi connectivity index (χ0) is 6.15. The van der Waals surface area contributed by atoms with Gasteiger partial charge in [0, 0.05) is 6.04 Å². The van der Waals surface area contributed by atoms with Crippen LogP contribution < -0.4 is 5.90 Å². The van der Waals surface area contributed by atoms with Gasteiger partial charge in [0.15, 0.2) is 0 Å². The lowest BCUT2D eigenvalue weighted by molar-refractivity contribution is -0.133. The Hall–Kier alpha value is -0.160. The van der Waals surface area contributed by atoms with Gasteiger partial charge in [-0.05, 0) is 12.3 Å². The molecule has 0 spiro atoms. The second kappa shape index (κ2) is 1.99. The summed E-state index contributed by atoms with van der Waals surface area (Å²) in [4.78, 5) is 3.92. The predicted octanol–water partition coefficient (Wildman–Crippen LogP) is -0.0001000. The van der Waals surface area contributed by atoms with Gasteiger partial charge in [-0.1, -0.05) is 6.92 Å². The van der Waals surface area contributed by atoms with E-state index in [0.717, 1.165) is 6.42 Å². The highest BCUT2D eigenvalue weighted by Gasteiger charge is 2.34. The van der Waals surface area contributed by atoms with Crippen molar-refractivity contribution in [2.45, 2.75) is 19.4 Å². The smallest absolute Gasteiger partial charge is 0.0267 e. The van der Waals surface area contributed by atoms with Gasteiger partial charge < -0.3 is 5.21 Å². The number of hydrogen-bond acceptors (Lipinski definition) is 4. The van der Waals surface area contributed by atoms with Crippen LogP contribution in [0.25, 0.3) is 0 Å². The molecule has 2 atom stereocenters. The Balaban J connectivity index is 2.18. The number of nitrogens with zero attached hydrogens (tertiary/aromatic N) is 1. The predicted molar refractivity (Wildman–Crippen MR) is 28.0 cm³/mol. The molecule has 0 aromatic heterocycles. The first-order chi connectivity index (χ1) is 3.75. The highest BCUT2D eigenvalue weighted by Crippen LogP contribution is 2.33. The average molecular weight is 117 g/mol. The Bertz CT molecular complexity index is 86.1. The molecule has 8 heavy (non-hydrogen) atoms. The highest BCUT2D eigenvalue weighted by atomic mass is 16.9. The average Bonchev–Trinajstić information content (AvgIpc) is 2.45. The molecule has 2 unspecified atom stereocenters. The molecule has 2 N–H and O–H groups in total. The van der Waals surface area contributed by atoms with Gasteiger partial charge in [0.2, 0.25) is 0 Å². The zero-order valence-electron chi connectivity index (χ0n) is 4.70. The third-order valence-electron chi connectivity index (χ3n) is 1.44. The van der Waals surface area contributed by atoms with E-state index in [2.05, 4.69) is 10.8 Å². The van der Waals surface area contributed by atoms with E-state index in [4.69, 9.17) is 0 Å². The second-order valence-electron chi connectivity index (χ2n) is 2.17. The fourth-order valence-corrected chi connectivity index (χ4v) is 0.674. The van der Waals surface area contributed by atoms with Crippen molar-refractivity contribution < 1.29 is 4.94 Å². The van der Waals surface area contributed by atoms with Gasteiger partial charge in [-0.25, -0.2) is 10.2 Å². The highest BCUT2D eigenvalue weighted by molar-refractivity contribution is 4.89. The van der Waals surface area contributed by atoms with E-state index in [1.165, 1.54) is 0 Å². The monoisotopic (exact) mass is 117 g/mol. The van der Waals surface area contributed by atoms with Crippen LogP contribution in [0.1, 0.15) is 13.3 Å². The topological polar surface area (TPSA) is 61.5 Å². The quantitative estimate of drug-likeness (QED) is 0.517. The molecule has 0 amide bonds. The molecule has 0 saturated heterocycles. The fraction of sp³-hybridized carbons (Fsp3) is 1.00. The molecule has 0 radical (unpaired) electrons. The van der Waals surface area contributed by atoms with Crippen LogP contribution >= 0.6 is 0 Å². The summed E-state index contributed by atoms with van der Waals surface area (Å²) in [5.41, 5.74) is 0. The molecule has 1 aliphatic rings. The number of hydroxylamine groups is 2. The first-order valence-corrected chi connectivity index (χ1v) is 2.59. The first kappa shape index (κ1) is 5.97. The Morgan fingerprint density at radius 2 is 2.38 bits per heavy atom. The van der Waals surface area contributed by atoms with Crippen molar-refractivity contribution >= 4 is 0 Å². The molecule has 48 valence electrons. The van der Waals surface area contributed by atoms with Gasteiger partial charge in [0.25, 0.3) is 0 Å². The summed E-state index contributed by atoms with van der Waals surface area (Å²) in [6, 6.07) is 0.0139. The first-order valence-electron chi connectivity index (χ1n) is 2.59. The van der Waals surface area contributed by atoms with E-state index in [0.29, 0.717) is 11.1 Å². The van der Waals surface area contributed by atoms with Crippen LogP contribution in [0.2, 0.25) is 0 Å². The maximum Gasteiger partial charge on any atom is 0.0267 e. The van der Waals surface area contributed by atoms with Crippen molar-refractivity contribution in [1.82, 2.24) is 5.23 Å². The summed E-state index contributed by atoms with van der Waals surface area (Å²) in [7, 11) is 0. The number of nitrogens with two attached hydrogens (primary N) is 1. The summed E-state index contributed by atoms with van der Waals surface area (Å²) >= 11 is 0. The van der Waals surface area contributed by atoms with Gasteiger partial charge in [-0.2, -0.15) is 5.90 Å². The van der Waals surface area contributed by atoms with Gasteiger partial charge in [-0.15, -0.1) is 0 Å². The molecule has 0 heterocycles. The van der Waals surface area contributed by atoms with E-state index >= 15 is 0 Å². The van der Waals surface area contributed by atoms with E-state index < -0.39 is 0 Å². The van der Waals surface area contributed by atoms with Gasteiger partial charge in [0.1, 0.15) is 0 Å². The SMILES string of the molecule is CC1CC1N([O-])ON. The molecule has 0 bridgehead atoms.